The number of aliphatic hydroxyl groups excluding tert-OH is 1. The minimum Gasteiger partial charge on any atom is -0.387 e. The predicted octanol–water partition coefficient (Wildman–Crippen LogP) is 3.80. The second-order valence-corrected chi connectivity index (χ2v) is 11.0. The molecule has 1 aliphatic carbocycles. The van der Waals surface area contributed by atoms with E-state index in [9.17, 15) is 14.7 Å². The van der Waals surface area contributed by atoms with Crippen molar-refractivity contribution in [2.24, 2.45) is 5.92 Å². The Kier molecular flexibility index (Phi) is 6.74. The summed E-state index contributed by atoms with van der Waals surface area (Å²) in [5.74, 6) is 0.960. The van der Waals surface area contributed by atoms with Crippen LogP contribution < -0.4 is 10.5 Å². The molecule has 2 atom stereocenters. The average molecular weight is 514 g/mol. The van der Waals surface area contributed by atoms with Crippen LogP contribution in [0.1, 0.15) is 56.6 Å². The van der Waals surface area contributed by atoms with Gasteiger partial charge in [0.2, 0.25) is 11.9 Å². The molecule has 1 spiro atoms. The number of carbonyl (C=O) groups is 1. The lowest BCUT2D eigenvalue weighted by Gasteiger charge is -2.47. The molecule has 1 saturated heterocycles. The number of nitrogens with zero attached hydrogens (tertiary/aromatic N) is 5. The van der Waals surface area contributed by atoms with E-state index in [-0.39, 0.29) is 22.9 Å². The van der Waals surface area contributed by atoms with Crippen molar-refractivity contribution in [2.45, 2.75) is 63.1 Å². The summed E-state index contributed by atoms with van der Waals surface area (Å²) < 4.78 is 1.72. The Balaban J connectivity index is 1.38. The number of amides is 1. The van der Waals surface area contributed by atoms with E-state index in [1.807, 2.05) is 47.4 Å². The first-order valence-electron chi connectivity index (χ1n) is 13.9. The second kappa shape index (κ2) is 10.3. The highest BCUT2D eigenvalue weighted by atomic mass is 16.3. The minimum atomic E-state index is -0.760. The number of likely N-dealkylation sites (tertiary alicyclic amines) is 1. The Hall–Kier alpha value is -3.52. The Bertz CT molecular complexity index is 1340. The Labute approximate surface area is 223 Å². The third kappa shape index (κ3) is 4.62. The first-order valence-corrected chi connectivity index (χ1v) is 13.9. The molecule has 4 heterocycles. The minimum absolute atomic E-state index is 0.107. The first kappa shape index (κ1) is 24.8. The van der Waals surface area contributed by atoms with Gasteiger partial charge in [-0.25, -0.2) is 4.98 Å². The Morgan fingerprint density at radius 2 is 1.76 bits per heavy atom. The molecule has 2 aliphatic heterocycles. The number of benzene rings is 1. The fourth-order valence-corrected chi connectivity index (χ4v) is 6.55. The number of carbonyl (C=O) groups excluding carboxylic acids is 1. The lowest BCUT2D eigenvalue weighted by molar-refractivity contribution is -0.135. The van der Waals surface area contributed by atoms with E-state index in [4.69, 9.17) is 4.98 Å². The van der Waals surface area contributed by atoms with Crippen LogP contribution in [0.25, 0.3) is 11.3 Å². The normalized spacial score (nSPS) is 22.4. The van der Waals surface area contributed by atoms with Crippen molar-refractivity contribution >= 4 is 11.9 Å². The molecule has 8 heteroatoms. The predicted molar refractivity (Wildman–Crippen MR) is 146 cm³/mol. The fraction of sp³-hybridized carbons (Fsp3) is 0.467. The van der Waals surface area contributed by atoms with Gasteiger partial charge in [0.25, 0.3) is 5.56 Å². The largest absolute Gasteiger partial charge is 0.387 e. The molecule has 38 heavy (non-hydrogen) atoms. The van der Waals surface area contributed by atoms with Crippen molar-refractivity contribution < 1.29 is 9.90 Å². The summed E-state index contributed by atoms with van der Waals surface area (Å²) in [7, 11) is 0. The van der Waals surface area contributed by atoms with E-state index < -0.39 is 6.10 Å². The summed E-state index contributed by atoms with van der Waals surface area (Å²) >= 11 is 0. The zero-order valence-corrected chi connectivity index (χ0v) is 21.7. The Morgan fingerprint density at radius 1 is 1.03 bits per heavy atom. The molecule has 1 N–H and O–H groups in total. The lowest BCUT2D eigenvalue weighted by atomic mass is 9.87. The standard InChI is InChI=1S/C30H35N5O3/c36-26(23-7-3-1-4-8-23)20-35-29-32-25(22-11-15-31-16-12-22)19-27(37)34(29)18-14-30(35)13-17-33(21-30)28(38)24-9-5-2-6-10-24/h1,3-4,7-8,11-12,15-16,19,24,26,36H,2,5-6,9-10,13-14,17-18,20-21H2/t26-,30?/m1/s1. The molecule has 1 aromatic carbocycles. The van der Waals surface area contributed by atoms with E-state index >= 15 is 0 Å². The summed E-state index contributed by atoms with van der Waals surface area (Å²) in [6.07, 6.45) is 9.58. The van der Waals surface area contributed by atoms with Crippen molar-refractivity contribution in [3.8, 4) is 11.3 Å². The van der Waals surface area contributed by atoms with Crippen molar-refractivity contribution in [3.63, 3.8) is 0 Å². The van der Waals surface area contributed by atoms with Crippen LogP contribution in [0.4, 0.5) is 5.95 Å². The van der Waals surface area contributed by atoms with E-state index in [0.717, 1.165) is 49.7 Å². The highest BCUT2D eigenvalue weighted by molar-refractivity contribution is 5.79. The van der Waals surface area contributed by atoms with Crippen LogP contribution in [-0.2, 0) is 11.3 Å². The summed E-state index contributed by atoms with van der Waals surface area (Å²) in [6, 6.07) is 14.9. The number of hydrogen-bond donors (Lipinski definition) is 1. The SMILES string of the molecule is O=C(C1CCCCC1)N1CCC2(CCn3c(nc(-c4ccncc4)cc3=O)N2C[C@@H](O)c2ccccc2)C1. The van der Waals surface area contributed by atoms with Crippen LogP contribution in [0.5, 0.6) is 0 Å². The van der Waals surface area contributed by atoms with Crippen LogP contribution in [0.3, 0.4) is 0 Å². The molecular weight excluding hydrogens is 478 g/mol. The number of β-amino-alcohol motifs (C(OH)–C–C–N with tert-alkyl or cyclic N) is 1. The highest BCUT2D eigenvalue weighted by Crippen LogP contribution is 2.41. The fourth-order valence-electron chi connectivity index (χ4n) is 6.55. The molecular formula is C30H35N5O3. The molecule has 1 saturated carbocycles. The lowest BCUT2D eigenvalue weighted by Crippen LogP contribution is -2.58. The zero-order chi connectivity index (χ0) is 26.1. The van der Waals surface area contributed by atoms with Gasteiger partial charge < -0.3 is 14.9 Å². The molecule has 0 bridgehead atoms. The van der Waals surface area contributed by atoms with Gasteiger partial charge in [0.1, 0.15) is 0 Å². The van der Waals surface area contributed by atoms with Gasteiger partial charge in [-0.2, -0.15) is 0 Å². The van der Waals surface area contributed by atoms with Crippen LogP contribution in [0.2, 0.25) is 0 Å². The second-order valence-electron chi connectivity index (χ2n) is 11.0. The van der Waals surface area contributed by atoms with E-state index in [2.05, 4.69) is 9.88 Å². The van der Waals surface area contributed by atoms with E-state index in [1.54, 1.807) is 23.0 Å². The maximum Gasteiger partial charge on any atom is 0.255 e. The molecule has 6 rings (SSSR count). The summed E-state index contributed by atoms with van der Waals surface area (Å²) in [4.78, 5) is 40.1. The smallest absolute Gasteiger partial charge is 0.255 e. The highest BCUT2D eigenvalue weighted by Gasteiger charge is 2.49. The first-order chi connectivity index (χ1) is 18.5. The summed E-state index contributed by atoms with van der Waals surface area (Å²) in [5.41, 5.74) is 1.75. The molecule has 2 aromatic heterocycles. The van der Waals surface area contributed by atoms with Crippen molar-refractivity contribution in [1.82, 2.24) is 19.4 Å². The van der Waals surface area contributed by atoms with Gasteiger partial charge >= 0.3 is 0 Å². The third-order valence-corrected chi connectivity index (χ3v) is 8.72. The van der Waals surface area contributed by atoms with Gasteiger partial charge in [-0.1, -0.05) is 49.6 Å². The van der Waals surface area contributed by atoms with Crippen LogP contribution in [0.15, 0.2) is 65.7 Å². The molecule has 198 valence electrons. The molecule has 0 radical (unpaired) electrons. The maximum absolute atomic E-state index is 13.5. The zero-order valence-electron chi connectivity index (χ0n) is 21.7. The summed E-state index contributed by atoms with van der Waals surface area (Å²) in [6.45, 7) is 2.13. The quantitative estimate of drug-likeness (QED) is 0.558. The van der Waals surface area contributed by atoms with E-state index in [1.165, 1.54) is 6.42 Å². The van der Waals surface area contributed by atoms with Gasteiger partial charge in [0.05, 0.1) is 23.9 Å². The van der Waals surface area contributed by atoms with Gasteiger partial charge in [0, 0.05) is 49.6 Å². The van der Waals surface area contributed by atoms with Crippen LogP contribution >= 0.6 is 0 Å². The molecule has 1 unspecified atom stereocenters. The monoisotopic (exact) mass is 513 g/mol. The molecule has 2 fully saturated rings. The summed E-state index contributed by atoms with van der Waals surface area (Å²) in [5, 5.41) is 11.3. The van der Waals surface area contributed by atoms with Gasteiger partial charge in [-0.05, 0) is 43.4 Å². The van der Waals surface area contributed by atoms with Crippen LogP contribution in [0, 0.1) is 5.92 Å². The molecule has 1 amide bonds. The number of hydrogen-bond acceptors (Lipinski definition) is 6. The van der Waals surface area contributed by atoms with Gasteiger partial charge in [-0.15, -0.1) is 0 Å². The average Bonchev–Trinajstić information content (AvgIpc) is 3.40. The number of aliphatic hydroxyl groups is 1. The Morgan fingerprint density at radius 3 is 2.53 bits per heavy atom. The topological polar surface area (TPSA) is 91.6 Å². The van der Waals surface area contributed by atoms with Crippen LogP contribution in [-0.4, -0.2) is 55.6 Å². The van der Waals surface area contributed by atoms with E-state index in [0.29, 0.717) is 37.8 Å². The number of rotatable bonds is 5. The van der Waals surface area contributed by atoms with Crippen molar-refractivity contribution in [1.29, 1.82) is 0 Å². The van der Waals surface area contributed by atoms with Gasteiger partial charge in [0.15, 0.2) is 0 Å². The van der Waals surface area contributed by atoms with Gasteiger partial charge in [-0.3, -0.25) is 19.1 Å². The number of aromatic nitrogens is 3. The number of anilines is 1. The number of fused-ring (bicyclic) bond motifs is 1. The number of pyridine rings is 1. The molecule has 3 aromatic rings. The molecule has 8 nitrogen and oxygen atoms in total. The van der Waals surface area contributed by atoms with Crippen molar-refractivity contribution in [2.75, 3.05) is 24.5 Å². The van der Waals surface area contributed by atoms with Crippen molar-refractivity contribution in [3.05, 3.63) is 76.8 Å². The maximum atomic E-state index is 13.5. The molecule has 3 aliphatic rings. The third-order valence-electron chi connectivity index (χ3n) is 8.72.